The molecule has 0 amide bonds. The van der Waals surface area contributed by atoms with E-state index in [2.05, 4.69) is 20.8 Å². The molecule has 3 rings (SSSR count). The van der Waals surface area contributed by atoms with E-state index in [-0.39, 0.29) is 5.57 Å². The Hall–Kier alpha value is -1.18. The van der Waals surface area contributed by atoms with Crippen LogP contribution < -0.4 is 9.06 Å². The molecule has 0 unspecified atom stereocenters. The van der Waals surface area contributed by atoms with Crippen LogP contribution in [0.4, 0.5) is 0 Å². The number of nitriles is 2. The van der Waals surface area contributed by atoms with Gasteiger partial charge in [-0.2, -0.15) is 10.5 Å². The number of thiophene rings is 2. The Bertz CT molecular complexity index is 1030. The summed E-state index contributed by atoms with van der Waals surface area (Å²) in [5, 5.41) is 18.3. The topological polar surface area (TPSA) is 47.6 Å². The van der Waals surface area contributed by atoms with Crippen molar-refractivity contribution in [3.8, 4) is 12.1 Å². The van der Waals surface area contributed by atoms with Gasteiger partial charge >= 0.3 is 0 Å². The molecule has 0 atom stereocenters. The molecule has 0 radical (unpaired) electrons. The third-order valence-electron chi connectivity index (χ3n) is 4.00. The SMILES string of the molecule is CCC1=C(CC)SC(=c2sc3c(C)c(=C(C#N)C#N)sc3c2C)S1. The molecule has 0 N–H and O–H groups in total. The highest BCUT2D eigenvalue weighted by Gasteiger charge is 2.22. The molecule has 122 valence electrons. The molecule has 6 heteroatoms. The van der Waals surface area contributed by atoms with Crippen LogP contribution in [-0.2, 0) is 0 Å². The largest absolute Gasteiger partial charge is 0.192 e. The van der Waals surface area contributed by atoms with Gasteiger partial charge in [0.05, 0.1) is 13.3 Å². The van der Waals surface area contributed by atoms with E-state index in [1.165, 1.54) is 33.5 Å². The molecule has 0 saturated heterocycles. The van der Waals surface area contributed by atoms with E-state index in [1.54, 1.807) is 22.7 Å². The fourth-order valence-electron chi connectivity index (χ4n) is 2.70. The van der Waals surface area contributed by atoms with Crippen molar-refractivity contribution in [2.24, 2.45) is 0 Å². The summed E-state index contributed by atoms with van der Waals surface area (Å²) in [5.41, 5.74) is 2.58. The van der Waals surface area contributed by atoms with Crippen LogP contribution in [-0.4, -0.2) is 0 Å². The van der Waals surface area contributed by atoms with Crippen LogP contribution in [0.1, 0.15) is 37.8 Å². The van der Waals surface area contributed by atoms with Crippen molar-refractivity contribution < 1.29 is 0 Å². The molecule has 24 heavy (non-hydrogen) atoms. The van der Waals surface area contributed by atoms with Crippen molar-refractivity contribution in [1.82, 2.24) is 0 Å². The molecular weight excluding hydrogens is 372 g/mol. The van der Waals surface area contributed by atoms with Crippen molar-refractivity contribution in [2.75, 3.05) is 0 Å². The lowest BCUT2D eigenvalue weighted by Crippen LogP contribution is -2.02. The molecule has 0 bridgehead atoms. The number of nitrogens with zero attached hydrogens (tertiary/aromatic N) is 2. The van der Waals surface area contributed by atoms with E-state index in [0.717, 1.165) is 22.9 Å². The number of fused-ring (bicyclic) bond motifs is 1. The van der Waals surface area contributed by atoms with Gasteiger partial charge in [-0.1, -0.05) is 37.4 Å². The summed E-state index contributed by atoms with van der Waals surface area (Å²) < 4.78 is 6.02. The summed E-state index contributed by atoms with van der Waals surface area (Å²) in [6.07, 6.45) is 2.18. The van der Waals surface area contributed by atoms with E-state index in [9.17, 15) is 0 Å². The standard InChI is InChI=1S/C18H16N2S4/c1-5-12-13(6-2)22-18(21-12)17-10(4)16-15(24-17)9(3)14(23-16)11(7-19)8-20/h5-6H2,1-4H3. The monoisotopic (exact) mass is 388 g/mol. The first-order valence-electron chi connectivity index (χ1n) is 7.70. The van der Waals surface area contributed by atoms with Crippen LogP contribution in [0.3, 0.4) is 0 Å². The minimum Gasteiger partial charge on any atom is -0.192 e. The number of hydrogen-bond donors (Lipinski definition) is 0. The maximum atomic E-state index is 9.16. The molecule has 0 saturated carbocycles. The minimum atomic E-state index is 0.224. The van der Waals surface area contributed by atoms with Crippen molar-refractivity contribution >= 4 is 65.4 Å². The van der Waals surface area contributed by atoms with Crippen LogP contribution >= 0.6 is 46.2 Å². The zero-order valence-electron chi connectivity index (χ0n) is 13.9. The van der Waals surface area contributed by atoms with Gasteiger partial charge in [0.1, 0.15) is 17.7 Å². The molecular formula is C18H16N2S4. The second-order valence-corrected chi connectivity index (χ2v) is 9.92. The average Bonchev–Trinajstić information content (AvgIpc) is 3.24. The highest BCUT2D eigenvalue weighted by Crippen LogP contribution is 2.52. The molecule has 0 aliphatic carbocycles. The lowest BCUT2D eigenvalue weighted by Gasteiger charge is -1.95. The van der Waals surface area contributed by atoms with Gasteiger partial charge in [-0.3, -0.25) is 0 Å². The highest BCUT2D eigenvalue weighted by molar-refractivity contribution is 8.35. The third kappa shape index (κ3) is 2.72. The average molecular weight is 389 g/mol. The minimum absolute atomic E-state index is 0.224. The van der Waals surface area contributed by atoms with Crippen LogP contribution in [0.2, 0.25) is 0 Å². The zero-order valence-corrected chi connectivity index (χ0v) is 17.2. The summed E-state index contributed by atoms with van der Waals surface area (Å²) in [4.78, 5) is 2.99. The molecule has 0 fully saturated rings. The van der Waals surface area contributed by atoms with E-state index in [0.29, 0.717) is 0 Å². The van der Waals surface area contributed by atoms with Crippen LogP contribution in [0, 0.1) is 36.5 Å². The van der Waals surface area contributed by atoms with Crippen LogP contribution in [0.15, 0.2) is 9.81 Å². The van der Waals surface area contributed by atoms with Gasteiger partial charge < -0.3 is 0 Å². The predicted octanol–water partition coefficient (Wildman–Crippen LogP) is 5.35. The van der Waals surface area contributed by atoms with Gasteiger partial charge in [-0.15, -0.1) is 22.7 Å². The second-order valence-electron chi connectivity index (χ2n) is 5.41. The maximum absolute atomic E-state index is 9.16. The number of rotatable bonds is 2. The molecule has 0 spiro atoms. The van der Waals surface area contributed by atoms with E-state index >= 15 is 0 Å². The quantitative estimate of drug-likeness (QED) is 0.695. The summed E-state index contributed by atoms with van der Waals surface area (Å²) in [6, 6.07) is 4.05. The predicted molar refractivity (Wildman–Crippen MR) is 109 cm³/mol. The smallest absolute Gasteiger partial charge is 0.147 e. The normalized spacial score (nSPS) is 14.3. The number of allylic oxidation sites excluding steroid dienone is 2. The zero-order chi connectivity index (χ0) is 17.4. The molecule has 1 aliphatic rings. The number of hydrogen-bond acceptors (Lipinski definition) is 6. The van der Waals surface area contributed by atoms with Gasteiger partial charge in [0.25, 0.3) is 0 Å². The summed E-state index contributed by atoms with van der Waals surface area (Å²) >= 11 is 7.23. The Morgan fingerprint density at radius 3 is 1.88 bits per heavy atom. The Labute approximate surface area is 158 Å². The Balaban J connectivity index is 2.24. The third-order valence-corrected chi connectivity index (χ3v) is 10.2. The van der Waals surface area contributed by atoms with E-state index in [4.69, 9.17) is 10.5 Å². The lowest BCUT2D eigenvalue weighted by molar-refractivity contribution is 1.12. The molecule has 2 aromatic heterocycles. The van der Waals surface area contributed by atoms with E-state index < -0.39 is 0 Å². The van der Waals surface area contributed by atoms with E-state index in [1.807, 2.05) is 42.6 Å². The first-order chi connectivity index (χ1) is 11.5. The molecule has 1 aliphatic heterocycles. The van der Waals surface area contributed by atoms with Crippen LogP contribution in [0.25, 0.3) is 19.2 Å². The molecule has 2 nitrogen and oxygen atoms in total. The lowest BCUT2D eigenvalue weighted by atomic mass is 10.2. The Morgan fingerprint density at radius 2 is 1.42 bits per heavy atom. The molecule has 3 heterocycles. The first-order valence-corrected chi connectivity index (χ1v) is 11.0. The van der Waals surface area contributed by atoms with Crippen molar-refractivity contribution in [3.63, 3.8) is 0 Å². The van der Waals surface area contributed by atoms with Crippen molar-refractivity contribution in [2.45, 2.75) is 40.5 Å². The molecule has 0 aromatic carbocycles. The Morgan fingerprint density at radius 1 is 0.875 bits per heavy atom. The van der Waals surface area contributed by atoms with Crippen molar-refractivity contribution in [3.05, 3.63) is 30.0 Å². The first kappa shape index (κ1) is 17.6. The number of aryl methyl sites for hydroxylation is 2. The summed E-state index contributed by atoms with van der Waals surface area (Å²) in [7, 11) is 0. The van der Waals surface area contributed by atoms with Crippen LogP contribution in [0.5, 0.6) is 0 Å². The highest BCUT2D eigenvalue weighted by atomic mass is 32.2. The Kier molecular flexibility index (Phi) is 5.13. The van der Waals surface area contributed by atoms with Gasteiger partial charge in [0.2, 0.25) is 0 Å². The molecule has 2 aromatic rings. The van der Waals surface area contributed by atoms with Crippen molar-refractivity contribution in [1.29, 1.82) is 10.5 Å². The van der Waals surface area contributed by atoms with Gasteiger partial charge in [0.15, 0.2) is 0 Å². The second kappa shape index (κ2) is 6.98. The fourth-order valence-corrected chi connectivity index (χ4v) is 8.54. The van der Waals surface area contributed by atoms with Gasteiger partial charge in [0, 0.05) is 9.40 Å². The summed E-state index contributed by atoms with van der Waals surface area (Å²) in [6.45, 7) is 8.63. The fraction of sp³-hybridized carbons (Fsp3) is 0.333. The van der Waals surface area contributed by atoms with Gasteiger partial charge in [-0.05, 0) is 47.6 Å². The number of thioether (sulfide) groups is 2. The summed E-state index contributed by atoms with van der Waals surface area (Å²) in [5.74, 6) is 0. The van der Waals surface area contributed by atoms with Gasteiger partial charge in [-0.25, -0.2) is 0 Å². The maximum Gasteiger partial charge on any atom is 0.147 e.